The zero-order valence-electron chi connectivity index (χ0n) is 10.1. The summed E-state index contributed by atoms with van der Waals surface area (Å²) in [4.78, 5) is 4.19. The average molecular weight is 255 g/mol. The number of nitrogens with one attached hydrogen (secondary N) is 1. The Morgan fingerprint density at radius 2 is 1.47 bits per heavy atom. The van der Waals surface area contributed by atoms with Crippen LogP contribution in [0.2, 0.25) is 0 Å². The number of nitrogens with zero attached hydrogens (tertiary/aromatic N) is 2. The molecule has 0 radical (unpaired) electrons. The molecule has 96 valence electrons. The zero-order chi connectivity index (χ0) is 13.5. The van der Waals surface area contributed by atoms with Gasteiger partial charge in [0.05, 0.1) is 5.69 Å². The number of hydroxylamine groups is 1. The fourth-order valence-electron chi connectivity index (χ4n) is 1.60. The van der Waals surface area contributed by atoms with Gasteiger partial charge in [-0.2, -0.15) is 0 Å². The van der Waals surface area contributed by atoms with Crippen molar-refractivity contribution in [1.29, 1.82) is 0 Å². The van der Waals surface area contributed by atoms with E-state index in [0.717, 1.165) is 0 Å². The Kier molecular flexibility index (Phi) is 4.25. The van der Waals surface area contributed by atoms with E-state index in [1.807, 2.05) is 29.7 Å². The van der Waals surface area contributed by atoms with Crippen molar-refractivity contribution in [3.05, 3.63) is 66.2 Å². The first-order chi connectivity index (χ1) is 9.35. The van der Waals surface area contributed by atoms with Crippen molar-refractivity contribution >= 4 is 17.2 Å². The van der Waals surface area contributed by atoms with Gasteiger partial charge in [-0.1, -0.05) is 53.7 Å². The quantitative estimate of drug-likeness (QED) is 0.341. The van der Waals surface area contributed by atoms with E-state index >= 15 is 0 Å². The number of amidine groups is 1. The van der Waals surface area contributed by atoms with Crippen molar-refractivity contribution in [2.24, 2.45) is 10.1 Å². The SMILES string of the molecule is O/N=C(\C(=Nc1ccccc1)NO)c1ccccc1. The molecule has 0 saturated carbocycles. The monoisotopic (exact) mass is 255 g/mol. The maximum Gasteiger partial charge on any atom is 0.180 e. The van der Waals surface area contributed by atoms with E-state index in [-0.39, 0.29) is 11.5 Å². The van der Waals surface area contributed by atoms with Crippen LogP contribution in [0.3, 0.4) is 0 Å². The summed E-state index contributed by atoms with van der Waals surface area (Å²) in [6.45, 7) is 0. The summed E-state index contributed by atoms with van der Waals surface area (Å²) in [7, 11) is 0. The first kappa shape index (κ1) is 12.8. The number of para-hydroxylation sites is 1. The molecular formula is C14H13N3O2. The van der Waals surface area contributed by atoms with Gasteiger partial charge >= 0.3 is 0 Å². The highest BCUT2D eigenvalue weighted by Gasteiger charge is 2.11. The van der Waals surface area contributed by atoms with Gasteiger partial charge in [0.2, 0.25) is 0 Å². The predicted octanol–water partition coefficient (Wildman–Crippen LogP) is 2.57. The highest BCUT2D eigenvalue weighted by atomic mass is 16.5. The Morgan fingerprint density at radius 1 is 0.895 bits per heavy atom. The molecule has 0 aliphatic heterocycles. The molecule has 0 aliphatic rings. The van der Waals surface area contributed by atoms with E-state index < -0.39 is 0 Å². The second-order valence-corrected chi connectivity index (χ2v) is 3.72. The lowest BCUT2D eigenvalue weighted by molar-refractivity contribution is 0.236. The van der Waals surface area contributed by atoms with Crippen LogP contribution >= 0.6 is 0 Å². The molecule has 2 aromatic carbocycles. The number of hydrogen-bond donors (Lipinski definition) is 3. The van der Waals surface area contributed by atoms with Crippen molar-refractivity contribution in [3.63, 3.8) is 0 Å². The molecule has 0 spiro atoms. The summed E-state index contributed by atoms with van der Waals surface area (Å²) in [5, 5.41) is 21.5. The minimum atomic E-state index is 0.0694. The normalized spacial score (nSPS) is 12.3. The van der Waals surface area contributed by atoms with Crippen LogP contribution in [0.25, 0.3) is 0 Å². The molecule has 0 heterocycles. The lowest BCUT2D eigenvalue weighted by Gasteiger charge is -2.07. The van der Waals surface area contributed by atoms with Gasteiger partial charge in [-0.05, 0) is 12.1 Å². The molecule has 5 nitrogen and oxygen atoms in total. The number of hydrogen-bond acceptors (Lipinski definition) is 4. The second kappa shape index (κ2) is 6.32. The van der Waals surface area contributed by atoms with Gasteiger partial charge in [-0.15, -0.1) is 0 Å². The maximum absolute atomic E-state index is 9.18. The number of rotatable bonds is 3. The third kappa shape index (κ3) is 3.17. The smallest absolute Gasteiger partial charge is 0.180 e. The fourth-order valence-corrected chi connectivity index (χ4v) is 1.60. The molecule has 3 N–H and O–H groups in total. The summed E-state index contributed by atoms with van der Waals surface area (Å²) in [6.07, 6.45) is 0. The van der Waals surface area contributed by atoms with Crippen LogP contribution in [-0.4, -0.2) is 22.0 Å². The number of oxime groups is 1. The highest BCUT2D eigenvalue weighted by molar-refractivity contribution is 6.47. The molecule has 0 fully saturated rings. The first-order valence-electron chi connectivity index (χ1n) is 5.67. The van der Waals surface area contributed by atoms with Crippen LogP contribution in [0.15, 0.2) is 70.8 Å². The van der Waals surface area contributed by atoms with Crippen LogP contribution in [0, 0.1) is 0 Å². The van der Waals surface area contributed by atoms with E-state index in [4.69, 9.17) is 5.21 Å². The Balaban J connectivity index is 2.39. The fraction of sp³-hybridized carbons (Fsp3) is 0. The average Bonchev–Trinajstić information content (AvgIpc) is 2.49. The van der Waals surface area contributed by atoms with Crippen molar-refractivity contribution in [1.82, 2.24) is 5.48 Å². The van der Waals surface area contributed by atoms with E-state index in [1.54, 1.807) is 36.4 Å². The van der Waals surface area contributed by atoms with Gasteiger partial charge in [0.1, 0.15) is 0 Å². The maximum atomic E-state index is 9.18. The highest BCUT2D eigenvalue weighted by Crippen LogP contribution is 2.11. The first-order valence-corrected chi connectivity index (χ1v) is 5.67. The van der Waals surface area contributed by atoms with Crippen LogP contribution < -0.4 is 5.48 Å². The van der Waals surface area contributed by atoms with Gasteiger partial charge in [-0.3, -0.25) is 10.7 Å². The molecule has 0 amide bonds. The second-order valence-electron chi connectivity index (χ2n) is 3.72. The van der Waals surface area contributed by atoms with Gasteiger partial charge in [-0.25, -0.2) is 4.99 Å². The summed E-state index contributed by atoms with van der Waals surface area (Å²) in [5.41, 5.74) is 3.39. The lowest BCUT2D eigenvalue weighted by Crippen LogP contribution is -2.29. The summed E-state index contributed by atoms with van der Waals surface area (Å²) >= 11 is 0. The Bertz CT molecular complexity index is 580. The zero-order valence-corrected chi connectivity index (χ0v) is 10.1. The molecule has 0 aromatic heterocycles. The van der Waals surface area contributed by atoms with Crippen LogP contribution in [0.5, 0.6) is 0 Å². The molecule has 5 heteroatoms. The van der Waals surface area contributed by atoms with E-state index in [0.29, 0.717) is 11.3 Å². The van der Waals surface area contributed by atoms with Gasteiger partial charge in [0.25, 0.3) is 0 Å². The third-order valence-corrected chi connectivity index (χ3v) is 2.47. The van der Waals surface area contributed by atoms with Gasteiger partial charge in [0, 0.05) is 5.56 Å². The van der Waals surface area contributed by atoms with E-state index in [2.05, 4.69) is 10.1 Å². The molecule has 2 rings (SSSR count). The van der Waals surface area contributed by atoms with Crippen molar-refractivity contribution in [2.45, 2.75) is 0 Å². The van der Waals surface area contributed by atoms with Crippen molar-refractivity contribution in [2.75, 3.05) is 0 Å². The van der Waals surface area contributed by atoms with Crippen LogP contribution in [-0.2, 0) is 0 Å². The molecule has 0 atom stereocenters. The van der Waals surface area contributed by atoms with Crippen molar-refractivity contribution in [3.8, 4) is 0 Å². The summed E-state index contributed by atoms with van der Waals surface area (Å²) in [5.74, 6) is 0.0694. The van der Waals surface area contributed by atoms with Crippen LogP contribution in [0.1, 0.15) is 5.56 Å². The molecule has 0 saturated heterocycles. The van der Waals surface area contributed by atoms with Gasteiger partial charge in [0.15, 0.2) is 11.5 Å². The number of benzene rings is 2. The van der Waals surface area contributed by atoms with Crippen molar-refractivity contribution < 1.29 is 10.4 Å². The number of aliphatic imine (C=N–C) groups is 1. The van der Waals surface area contributed by atoms with E-state index in [1.165, 1.54) is 0 Å². The minimum Gasteiger partial charge on any atom is -0.410 e. The predicted molar refractivity (Wildman–Crippen MR) is 73.2 cm³/mol. The Hall–Kier alpha value is -2.66. The summed E-state index contributed by atoms with van der Waals surface area (Å²) < 4.78 is 0. The van der Waals surface area contributed by atoms with Crippen LogP contribution in [0.4, 0.5) is 5.69 Å². The topological polar surface area (TPSA) is 77.2 Å². The minimum absolute atomic E-state index is 0.0694. The van der Waals surface area contributed by atoms with E-state index in [9.17, 15) is 5.21 Å². The summed E-state index contributed by atoms with van der Waals surface area (Å²) in [6, 6.07) is 18.0. The molecule has 19 heavy (non-hydrogen) atoms. The Morgan fingerprint density at radius 3 is 2.00 bits per heavy atom. The molecule has 0 aliphatic carbocycles. The molecular weight excluding hydrogens is 242 g/mol. The largest absolute Gasteiger partial charge is 0.410 e. The Labute approximate surface area is 110 Å². The van der Waals surface area contributed by atoms with Gasteiger partial charge < -0.3 is 5.21 Å². The molecule has 0 unspecified atom stereocenters. The molecule has 2 aromatic rings. The lowest BCUT2D eigenvalue weighted by atomic mass is 10.1. The third-order valence-electron chi connectivity index (χ3n) is 2.47. The standard InChI is InChI=1S/C14H13N3O2/c18-16-13(11-7-3-1-4-8-11)14(17-19)15-12-9-5-2-6-10-12/h1-10,18-19H,(H,15,17)/b16-13-. The molecule has 0 bridgehead atoms.